The third-order valence-corrected chi connectivity index (χ3v) is 6.23. The number of hydrogen-bond donors (Lipinski definition) is 4. The van der Waals surface area contributed by atoms with Crippen LogP contribution in [0.4, 0.5) is 17.3 Å². The third kappa shape index (κ3) is 4.40. The summed E-state index contributed by atoms with van der Waals surface area (Å²) in [7, 11) is 1.74. The minimum absolute atomic E-state index is 0.184. The van der Waals surface area contributed by atoms with Crippen LogP contribution in [0, 0.1) is 0 Å². The number of carbonyl (C=O) groups is 1. The molecule has 5 rings (SSSR count). The van der Waals surface area contributed by atoms with E-state index in [1.54, 1.807) is 68.0 Å². The summed E-state index contributed by atoms with van der Waals surface area (Å²) >= 11 is 0. The summed E-state index contributed by atoms with van der Waals surface area (Å²) in [6.07, 6.45) is 6.17. The molecule has 0 spiro atoms. The molecule has 1 aliphatic carbocycles. The van der Waals surface area contributed by atoms with Crippen LogP contribution in [-0.4, -0.2) is 48.3 Å². The summed E-state index contributed by atoms with van der Waals surface area (Å²) in [5.74, 6) is 1.13. The van der Waals surface area contributed by atoms with Crippen molar-refractivity contribution < 1.29 is 9.90 Å². The largest absolute Gasteiger partial charge is 0.384 e. The number of nitrogens with one attached hydrogen (secondary N) is 3. The maximum Gasteiger partial charge on any atom is 0.279 e. The van der Waals surface area contributed by atoms with Gasteiger partial charge < -0.3 is 21.1 Å². The molecular formula is C25H28N8O3. The number of fused-ring (bicyclic) bond motifs is 1. The summed E-state index contributed by atoms with van der Waals surface area (Å²) in [5, 5.41) is 23.8. The van der Waals surface area contributed by atoms with Crippen LogP contribution in [0.15, 0.2) is 53.6 Å². The molecule has 11 heteroatoms. The van der Waals surface area contributed by atoms with E-state index in [1.165, 1.54) is 10.8 Å². The van der Waals surface area contributed by atoms with Crippen LogP contribution >= 0.6 is 0 Å². The van der Waals surface area contributed by atoms with Crippen molar-refractivity contribution in [2.24, 2.45) is 0 Å². The summed E-state index contributed by atoms with van der Waals surface area (Å²) in [6, 6.07) is 10.4. The first-order valence-electron chi connectivity index (χ1n) is 11.8. The minimum atomic E-state index is -1.15. The standard InChI is InChI=1S/C25H28N8O3/c1-25(2,36)18-10-5-11-20(30-18)32-12-6-9-17(24(32)35)29-19-13-21(26-3)33-22(31-19)16(14-27-33)23(34)28-15-7-4-8-15/h5-6,9-15,26,36H,4,7-8H2,1-3H3,(H,28,34)(H,29,31). The molecule has 1 amide bonds. The molecule has 4 aromatic heterocycles. The summed E-state index contributed by atoms with van der Waals surface area (Å²) in [5.41, 5.74) is -0.0396. The SMILES string of the molecule is CNc1cc(Nc2cccn(-c3cccc(C(C)(C)O)n3)c2=O)nc2c(C(=O)NC3CCC3)cnn12. The zero-order valence-corrected chi connectivity index (χ0v) is 20.3. The topological polar surface area (TPSA) is 138 Å². The Morgan fingerprint density at radius 1 is 1.17 bits per heavy atom. The number of hydrogen-bond acceptors (Lipinski definition) is 8. The van der Waals surface area contributed by atoms with E-state index in [9.17, 15) is 14.7 Å². The second-order valence-electron chi connectivity index (χ2n) is 9.33. The van der Waals surface area contributed by atoms with Crippen LogP contribution < -0.4 is 21.5 Å². The van der Waals surface area contributed by atoms with Gasteiger partial charge in [-0.2, -0.15) is 9.61 Å². The molecule has 36 heavy (non-hydrogen) atoms. The molecule has 0 unspecified atom stereocenters. The number of pyridine rings is 2. The molecule has 11 nitrogen and oxygen atoms in total. The maximum absolute atomic E-state index is 13.3. The van der Waals surface area contributed by atoms with E-state index >= 15 is 0 Å². The van der Waals surface area contributed by atoms with Crippen LogP contribution in [0.3, 0.4) is 0 Å². The zero-order chi connectivity index (χ0) is 25.4. The van der Waals surface area contributed by atoms with E-state index in [4.69, 9.17) is 0 Å². The number of carbonyl (C=O) groups excluding carboxylic acids is 1. The van der Waals surface area contributed by atoms with Gasteiger partial charge in [-0.15, -0.1) is 0 Å². The van der Waals surface area contributed by atoms with Gasteiger partial charge >= 0.3 is 0 Å². The van der Waals surface area contributed by atoms with Gasteiger partial charge in [0.25, 0.3) is 11.5 Å². The Morgan fingerprint density at radius 2 is 1.97 bits per heavy atom. The van der Waals surface area contributed by atoms with Gasteiger partial charge in [-0.1, -0.05) is 6.07 Å². The van der Waals surface area contributed by atoms with Crippen LogP contribution in [0.5, 0.6) is 0 Å². The van der Waals surface area contributed by atoms with Gasteiger partial charge in [-0.05, 0) is 57.4 Å². The fraction of sp³-hybridized carbons (Fsp3) is 0.320. The predicted octanol–water partition coefficient (Wildman–Crippen LogP) is 2.57. The van der Waals surface area contributed by atoms with Crippen molar-refractivity contribution in [2.45, 2.75) is 44.8 Å². The van der Waals surface area contributed by atoms with Crippen molar-refractivity contribution in [2.75, 3.05) is 17.7 Å². The van der Waals surface area contributed by atoms with E-state index in [0.717, 1.165) is 19.3 Å². The second kappa shape index (κ2) is 9.08. The Kier molecular flexibility index (Phi) is 5.92. The molecule has 0 aliphatic heterocycles. The molecule has 0 radical (unpaired) electrons. The highest BCUT2D eigenvalue weighted by molar-refractivity contribution is 6.00. The van der Waals surface area contributed by atoms with Crippen molar-refractivity contribution in [3.8, 4) is 5.82 Å². The van der Waals surface area contributed by atoms with Crippen molar-refractivity contribution in [3.05, 3.63) is 70.4 Å². The lowest BCUT2D eigenvalue weighted by molar-refractivity contribution is 0.0738. The number of aliphatic hydroxyl groups is 1. The summed E-state index contributed by atoms with van der Waals surface area (Å²) < 4.78 is 2.95. The average molecular weight is 489 g/mol. The molecule has 1 fully saturated rings. The van der Waals surface area contributed by atoms with Crippen molar-refractivity contribution in [3.63, 3.8) is 0 Å². The van der Waals surface area contributed by atoms with Gasteiger partial charge in [0.15, 0.2) is 5.65 Å². The van der Waals surface area contributed by atoms with Gasteiger partial charge in [-0.3, -0.25) is 14.2 Å². The molecule has 4 N–H and O–H groups in total. The van der Waals surface area contributed by atoms with Crippen LogP contribution in [0.25, 0.3) is 11.5 Å². The average Bonchev–Trinajstić information content (AvgIpc) is 3.26. The molecule has 4 aromatic rings. The molecule has 4 heterocycles. The number of aromatic nitrogens is 5. The predicted molar refractivity (Wildman–Crippen MR) is 136 cm³/mol. The zero-order valence-electron chi connectivity index (χ0n) is 20.3. The monoisotopic (exact) mass is 488 g/mol. The van der Waals surface area contributed by atoms with Gasteiger partial charge in [0.05, 0.1) is 11.9 Å². The summed E-state index contributed by atoms with van der Waals surface area (Å²) in [4.78, 5) is 35.2. The molecule has 0 atom stereocenters. The third-order valence-electron chi connectivity index (χ3n) is 6.23. The number of amides is 1. The second-order valence-corrected chi connectivity index (χ2v) is 9.33. The van der Waals surface area contributed by atoms with E-state index in [-0.39, 0.29) is 23.2 Å². The molecule has 186 valence electrons. The Bertz CT molecular complexity index is 1500. The first kappa shape index (κ1) is 23.5. The minimum Gasteiger partial charge on any atom is -0.384 e. The number of nitrogens with zero attached hydrogens (tertiary/aromatic N) is 5. The Labute approximate surface area is 207 Å². The highest BCUT2D eigenvalue weighted by Gasteiger charge is 2.24. The van der Waals surface area contributed by atoms with Crippen LogP contribution in [0.2, 0.25) is 0 Å². The van der Waals surface area contributed by atoms with Gasteiger partial charge in [0.2, 0.25) is 0 Å². The van der Waals surface area contributed by atoms with Gasteiger partial charge in [-0.25, -0.2) is 9.97 Å². The molecule has 0 saturated heterocycles. The quantitative estimate of drug-likeness (QED) is 0.311. The lowest BCUT2D eigenvalue weighted by atomic mass is 9.93. The molecule has 0 bridgehead atoms. The lowest BCUT2D eigenvalue weighted by Crippen LogP contribution is -2.39. The van der Waals surface area contributed by atoms with Crippen LogP contribution in [-0.2, 0) is 5.60 Å². The molecule has 1 saturated carbocycles. The Balaban J connectivity index is 1.50. The highest BCUT2D eigenvalue weighted by atomic mass is 16.3. The number of anilines is 3. The van der Waals surface area contributed by atoms with Crippen LogP contribution in [0.1, 0.15) is 49.2 Å². The highest BCUT2D eigenvalue weighted by Crippen LogP contribution is 2.23. The fourth-order valence-corrected chi connectivity index (χ4v) is 3.99. The Morgan fingerprint density at radius 3 is 2.67 bits per heavy atom. The fourth-order valence-electron chi connectivity index (χ4n) is 3.99. The normalized spacial score (nSPS) is 13.9. The van der Waals surface area contributed by atoms with Crippen molar-refractivity contribution in [1.82, 2.24) is 29.5 Å². The van der Waals surface area contributed by atoms with E-state index in [1.807, 2.05) is 0 Å². The molecule has 0 aromatic carbocycles. The first-order chi connectivity index (χ1) is 17.2. The maximum atomic E-state index is 13.3. The van der Waals surface area contributed by atoms with E-state index in [0.29, 0.717) is 34.4 Å². The van der Waals surface area contributed by atoms with E-state index in [2.05, 4.69) is 31.0 Å². The van der Waals surface area contributed by atoms with Crippen molar-refractivity contribution in [1.29, 1.82) is 0 Å². The first-order valence-corrected chi connectivity index (χ1v) is 11.8. The molecule has 1 aliphatic rings. The van der Waals surface area contributed by atoms with E-state index < -0.39 is 5.60 Å². The lowest BCUT2D eigenvalue weighted by Gasteiger charge is -2.26. The van der Waals surface area contributed by atoms with Gasteiger partial charge in [0.1, 0.15) is 34.3 Å². The number of rotatable bonds is 7. The Hall–Kier alpha value is -4.25. The van der Waals surface area contributed by atoms with Crippen molar-refractivity contribution >= 4 is 28.9 Å². The molecular weight excluding hydrogens is 460 g/mol. The summed E-state index contributed by atoms with van der Waals surface area (Å²) in [6.45, 7) is 3.27. The van der Waals surface area contributed by atoms with Gasteiger partial charge in [0, 0.05) is 25.4 Å². The smallest absolute Gasteiger partial charge is 0.279 e.